The van der Waals surface area contributed by atoms with E-state index in [-0.39, 0.29) is 24.8 Å². The standard InChI is InChI=1S/C33H31F7/c1-2-3-4-5-6-23-19-29(34)27(30(35)20-23)15-9-21-8-14-26-25(17-21)13-12-24(32(26)37)11-7-22-10-16-28(31(36)18-22)33(38,39)40/h8,10,12-14,16-20H,2-7,9,11,15H2,1H3. The van der Waals surface area contributed by atoms with Gasteiger partial charge in [-0.15, -0.1) is 0 Å². The molecule has 0 atom stereocenters. The number of hydrogen-bond acceptors (Lipinski definition) is 0. The van der Waals surface area contributed by atoms with Gasteiger partial charge in [0.15, 0.2) is 0 Å². The summed E-state index contributed by atoms with van der Waals surface area (Å²) in [6, 6.07) is 14.0. The zero-order valence-electron chi connectivity index (χ0n) is 22.3. The normalized spacial score (nSPS) is 11.9. The van der Waals surface area contributed by atoms with Crippen LogP contribution in [-0.4, -0.2) is 0 Å². The van der Waals surface area contributed by atoms with Gasteiger partial charge >= 0.3 is 6.18 Å². The van der Waals surface area contributed by atoms with Gasteiger partial charge in [0.2, 0.25) is 0 Å². The quantitative estimate of drug-likeness (QED) is 0.126. The molecule has 0 saturated carbocycles. The maximum atomic E-state index is 15.2. The van der Waals surface area contributed by atoms with Gasteiger partial charge in [0.25, 0.3) is 0 Å². The predicted molar refractivity (Wildman–Crippen MR) is 144 cm³/mol. The molecule has 0 nitrogen and oxygen atoms in total. The van der Waals surface area contributed by atoms with E-state index in [1.807, 2.05) is 0 Å². The molecule has 0 fully saturated rings. The van der Waals surface area contributed by atoms with Gasteiger partial charge in [-0.3, -0.25) is 0 Å². The van der Waals surface area contributed by atoms with Crippen molar-refractivity contribution in [2.75, 3.05) is 0 Å². The third kappa shape index (κ3) is 7.23. The molecule has 4 aromatic rings. The van der Waals surface area contributed by atoms with Crippen molar-refractivity contribution in [1.82, 2.24) is 0 Å². The first-order valence-corrected chi connectivity index (χ1v) is 13.6. The highest BCUT2D eigenvalue weighted by atomic mass is 19.4. The van der Waals surface area contributed by atoms with E-state index < -0.39 is 35.0 Å². The van der Waals surface area contributed by atoms with Crippen LogP contribution in [0.1, 0.15) is 66.0 Å². The van der Waals surface area contributed by atoms with Gasteiger partial charge in [0, 0.05) is 10.9 Å². The molecule has 212 valence electrons. The van der Waals surface area contributed by atoms with E-state index in [0.29, 0.717) is 46.4 Å². The molecule has 0 amide bonds. The number of hydrogen-bond donors (Lipinski definition) is 0. The van der Waals surface area contributed by atoms with Crippen LogP contribution >= 0.6 is 0 Å². The Kier molecular flexibility index (Phi) is 9.54. The molecule has 0 heterocycles. The van der Waals surface area contributed by atoms with Crippen molar-refractivity contribution in [2.24, 2.45) is 0 Å². The lowest BCUT2D eigenvalue weighted by molar-refractivity contribution is -0.140. The molecule has 0 aliphatic rings. The summed E-state index contributed by atoms with van der Waals surface area (Å²) in [5, 5.41) is 0.993. The highest BCUT2D eigenvalue weighted by Crippen LogP contribution is 2.32. The van der Waals surface area contributed by atoms with Crippen LogP contribution in [0.5, 0.6) is 0 Å². The van der Waals surface area contributed by atoms with Gasteiger partial charge in [0.1, 0.15) is 23.3 Å². The Morgan fingerprint density at radius 1 is 0.575 bits per heavy atom. The van der Waals surface area contributed by atoms with E-state index in [1.54, 1.807) is 30.3 Å². The van der Waals surface area contributed by atoms with Crippen molar-refractivity contribution < 1.29 is 30.7 Å². The summed E-state index contributed by atoms with van der Waals surface area (Å²) < 4.78 is 96.7. The smallest absolute Gasteiger partial charge is 0.207 e. The van der Waals surface area contributed by atoms with Crippen LogP contribution in [0.15, 0.2) is 60.7 Å². The van der Waals surface area contributed by atoms with Gasteiger partial charge in [-0.25, -0.2) is 17.6 Å². The molecule has 40 heavy (non-hydrogen) atoms. The molecule has 0 N–H and O–H groups in total. The monoisotopic (exact) mass is 560 g/mol. The fourth-order valence-corrected chi connectivity index (χ4v) is 5.02. The first-order valence-electron chi connectivity index (χ1n) is 13.6. The van der Waals surface area contributed by atoms with Gasteiger partial charge in [-0.2, -0.15) is 13.2 Å². The van der Waals surface area contributed by atoms with Crippen LogP contribution < -0.4 is 0 Å². The lowest BCUT2D eigenvalue weighted by Crippen LogP contribution is -2.08. The fourth-order valence-electron chi connectivity index (χ4n) is 5.02. The first-order chi connectivity index (χ1) is 19.1. The van der Waals surface area contributed by atoms with Gasteiger partial charge < -0.3 is 0 Å². The summed E-state index contributed by atoms with van der Waals surface area (Å²) in [7, 11) is 0. The summed E-state index contributed by atoms with van der Waals surface area (Å²) in [4.78, 5) is 0. The predicted octanol–water partition coefficient (Wildman–Crippen LogP) is 10.1. The number of benzene rings is 4. The molecular formula is C33H31F7. The molecule has 0 unspecified atom stereocenters. The first kappa shape index (κ1) is 29.6. The molecule has 0 bridgehead atoms. The minimum atomic E-state index is -4.77. The van der Waals surface area contributed by atoms with Crippen LogP contribution in [-0.2, 0) is 38.3 Å². The summed E-state index contributed by atoms with van der Waals surface area (Å²) in [5.74, 6) is -2.90. The number of alkyl halides is 3. The zero-order chi connectivity index (χ0) is 28.9. The van der Waals surface area contributed by atoms with Gasteiger partial charge in [-0.1, -0.05) is 62.6 Å². The van der Waals surface area contributed by atoms with Crippen molar-refractivity contribution in [3.05, 3.63) is 117 Å². The molecule has 7 heteroatoms. The van der Waals surface area contributed by atoms with E-state index >= 15 is 4.39 Å². The second kappa shape index (κ2) is 12.9. The average Bonchev–Trinajstić information content (AvgIpc) is 2.89. The van der Waals surface area contributed by atoms with E-state index in [2.05, 4.69) is 6.92 Å². The lowest BCUT2D eigenvalue weighted by Gasteiger charge is -2.11. The number of halogens is 7. The minimum absolute atomic E-state index is 0.0404. The molecule has 0 aromatic heterocycles. The second-order valence-corrected chi connectivity index (χ2v) is 10.3. The largest absolute Gasteiger partial charge is 0.419 e. The Morgan fingerprint density at radius 3 is 1.90 bits per heavy atom. The Morgan fingerprint density at radius 2 is 1.23 bits per heavy atom. The zero-order valence-corrected chi connectivity index (χ0v) is 22.3. The highest BCUT2D eigenvalue weighted by Gasteiger charge is 2.33. The molecule has 0 aliphatic heterocycles. The fraction of sp³-hybridized carbons (Fsp3) is 0.333. The third-order valence-electron chi connectivity index (χ3n) is 7.30. The molecular weight excluding hydrogens is 529 g/mol. The Balaban J connectivity index is 1.41. The van der Waals surface area contributed by atoms with Crippen molar-refractivity contribution in [3.63, 3.8) is 0 Å². The van der Waals surface area contributed by atoms with Crippen molar-refractivity contribution in [3.8, 4) is 0 Å². The molecule has 0 spiro atoms. The van der Waals surface area contributed by atoms with Gasteiger partial charge in [-0.05, 0) is 90.4 Å². The highest BCUT2D eigenvalue weighted by molar-refractivity contribution is 5.84. The summed E-state index contributed by atoms with van der Waals surface area (Å²) >= 11 is 0. The Labute approximate surface area is 229 Å². The summed E-state index contributed by atoms with van der Waals surface area (Å²) in [5.41, 5.74) is 0.879. The molecule has 4 aromatic carbocycles. The van der Waals surface area contributed by atoms with Crippen LogP contribution in [0.4, 0.5) is 30.7 Å². The maximum absolute atomic E-state index is 15.2. The number of unbranched alkanes of at least 4 members (excludes halogenated alkanes) is 3. The summed E-state index contributed by atoms with van der Waals surface area (Å²) in [6.45, 7) is 2.11. The molecule has 0 saturated heterocycles. The van der Waals surface area contributed by atoms with E-state index in [1.165, 1.54) is 18.2 Å². The van der Waals surface area contributed by atoms with Crippen LogP contribution in [0.3, 0.4) is 0 Å². The van der Waals surface area contributed by atoms with Crippen LogP contribution in [0.25, 0.3) is 10.8 Å². The van der Waals surface area contributed by atoms with Crippen molar-refractivity contribution in [2.45, 2.75) is 70.9 Å². The Hall–Kier alpha value is -3.35. The van der Waals surface area contributed by atoms with E-state index in [0.717, 1.165) is 37.3 Å². The molecule has 0 aliphatic carbocycles. The topological polar surface area (TPSA) is 0 Å². The number of fused-ring (bicyclic) bond motifs is 1. The minimum Gasteiger partial charge on any atom is -0.207 e. The molecule has 4 rings (SSSR count). The van der Waals surface area contributed by atoms with Crippen LogP contribution in [0, 0.1) is 23.3 Å². The average molecular weight is 561 g/mol. The SMILES string of the molecule is CCCCCCc1cc(F)c(CCc2ccc3c(F)c(CCc4ccc(C(F)(F)F)c(F)c4)ccc3c2)c(F)c1. The number of aryl methyl sites for hydroxylation is 4. The van der Waals surface area contributed by atoms with Crippen LogP contribution in [0.2, 0.25) is 0 Å². The second-order valence-electron chi connectivity index (χ2n) is 10.3. The molecule has 0 radical (unpaired) electrons. The number of rotatable bonds is 11. The third-order valence-corrected chi connectivity index (χ3v) is 7.30. The van der Waals surface area contributed by atoms with Crippen molar-refractivity contribution in [1.29, 1.82) is 0 Å². The van der Waals surface area contributed by atoms with Crippen molar-refractivity contribution >= 4 is 10.8 Å². The maximum Gasteiger partial charge on any atom is 0.419 e. The van der Waals surface area contributed by atoms with Gasteiger partial charge in [0.05, 0.1) is 5.56 Å². The lowest BCUT2D eigenvalue weighted by atomic mass is 9.96. The van der Waals surface area contributed by atoms with E-state index in [4.69, 9.17) is 0 Å². The summed E-state index contributed by atoms with van der Waals surface area (Å²) in [6.07, 6.45) is 0.903. The Bertz CT molecular complexity index is 1450. The van der Waals surface area contributed by atoms with E-state index in [9.17, 15) is 26.3 Å².